The number of urea groups is 1. The van der Waals surface area contributed by atoms with Crippen molar-refractivity contribution < 1.29 is 19.1 Å². The van der Waals surface area contributed by atoms with Crippen molar-refractivity contribution >= 4 is 38.7 Å². The molecule has 1 N–H and O–H groups in total. The number of nitrogens with one attached hydrogen (secondary N) is 1. The average Bonchev–Trinajstić information content (AvgIpc) is 3.20. The summed E-state index contributed by atoms with van der Waals surface area (Å²) in [5.41, 5.74) is 2.77. The van der Waals surface area contributed by atoms with Crippen LogP contribution in [-0.4, -0.2) is 54.2 Å². The molecular weight excluding hydrogens is 416 g/mol. The number of aromatic nitrogens is 2. The molecule has 0 spiro atoms. The number of fused-ring (bicyclic) bond motifs is 1. The molecule has 4 rings (SSSR count). The Morgan fingerprint density at radius 2 is 2.10 bits per heavy atom. The predicted molar refractivity (Wildman–Crippen MR) is 119 cm³/mol. The summed E-state index contributed by atoms with van der Waals surface area (Å²) in [6.07, 6.45) is 5.57. The first kappa shape index (κ1) is 21.0. The van der Waals surface area contributed by atoms with Gasteiger partial charge >= 0.3 is 12.0 Å². The summed E-state index contributed by atoms with van der Waals surface area (Å²) in [4.78, 5) is 34.8. The number of esters is 1. The molecule has 162 valence electrons. The van der Waals surface area contributed by atoms with Crippen molar-refractivity contribution in [3.63, 3.8) is 0 Å². The Morgan fingerprint density at radius 1 is 1.23 bits per heavy atom. The lowest BCUT2D eigenvalue weighted by atomic mass is 9.95. The molecule has 3 aromatic rings. The SMILES string of the molecule is COC(=O)CC1CCCN(C(=O)Nc2nc3ccc(-c4cncc(OC)c4)cc3s2)C1. The van der Waals surface area contributed by atoms with Gasteiger partial charge < -0.3 is 14.4 Å². The van der Waals surface area contributed by atoms with Crippen LogP contribution in [0.15, 0.2) is 36.7 Å². The smallest absolute Gasteiger partial charge is 0.323 e. The molecule has 0 saturated carbocycles. The minimum absolute atomic E-state index is 0.126. The molecule has 0 radical (unpaired) electrons. The van der Waals surface area contributed by atoms with Crippen molar-refractivity contribution in [2.24, 2.45) is 5.92 Å². The van der Waals surface area contributed by atoms with E-state index < -0.39 is 0 Å². The van der Waals surface area contributed by atoms with Gasteiger partial charge in [0.1, 0.15) is 5.75 Å². The zero-order valence-corrected chi connectivity index (χ0v) is 18.3. The highest BCUT2D eigenvalue weighted by Crippen LogP contribution is 2.31. The Hall–Kier alpha value is -3.20. The molecule has 1 unspecified atom stereocenters. The summed E-state index contributed by atoms with van der Waals surface area (Å²) in [6, 6.07) is 7.69. The Morgan fingerprint density at radius 3 is 2.90 bits per heavy atom. The van der Waals surface area contributed by atoms with Crippen molar-refractivity contribution in [3.05, 3.63) is 36.7 Å². The molecule has 1 saturated heterocycles. The highest BCUT2D eigenvalue weighted by atomic mass is 32.1. The standard InChI is InChI=1S/C22H24N4O4S/c1-29-17-9-16(11-23-12-17)15-5-6-18-19(10-15)31-21(24-18)25-22(28)26-7-3-4-14(13-26)8-20(27)30-2/h5-6,9-12,14H,3-4,7-8,13H2,1-2H3,(H,24,25,28). The van der Waals surface area contributed by atoms with E-state index in [0.717, 1.165) is 34.2 Å². The Bertz CT molecular complexity index is 1100. The van der Waals surface area contributed by atoms with Crippen LogP contribution in [0.25, 0.3) is 21.3 Å². The lowest BCUT2D eigenvalue weighted by Crippen LogP contribution is -2.42. The van der Waals surface area contributed by atoms with Gasteiger partial charge in [-0.25, -0.2) is 9.78 Å². The highest BCUT2D eigenvalue weighted by Gasteiger charge is 2.26. The number of rotatable bonds is 5. The fourth-order valence-corrected chi connectivity index (χ4v) is 4.65. The van der Waals surface area contributed by atoms with Crippen LogP contribution in [0.5, 0.6) is 5.75 Å². The van der Waals surface area contributed by atoms with Gasteiger partial charge in [-0.15, -0.1) is 0 Å². The number of nitrogens with zero attached hydrogens (tertiary/aromatic N) is 3. The largest absolute Gasteiger partial charge is 0.495 e. The third kappa shape index (κ3) is 4.93. The van der Waals surface area contributed by atoms with E-state index in [1.165, 1.54) is 18.4 Å². The van der Waals surface area contributed by atoms with Gasteiger partial charge in [-0.05, 0) is 42.5 Å². The topological polar surface area (TPSA) is 93.7 Å². The zero-order valence-electron chi connectivity index (χ0n) is 17.5. The molecule has 2 aromatic heterocycles. The number of carbonyl (C=O) groups excluding carboxylic acids is 2. The van der Waals surface area contributed by atoms with E-state index in [2.05, 4.69) is 15.3 Å². The van der Waals surface area contributed by atoms with Gasteiger partial charge in [-0.2, -0.15) is 0 Å². The van der Waals surface area contributed by atoms with E-state index in [-0.39, 0.29) is 17.9 Å². The quantitative estimate of drug-likeness (QED) is 0.599. The number of thiazole rings is 1. The molecule has 3 heterocycles. The first-order chi connectivity index (χ1) is 15.1. The lowest BCUT2D eigenvalue weighted by molar-refractivity contribution is -0.142. The predicted octanol–water partition coefficient (Wildman–Crippen LogP) is 4.17. The fourth-order valence-electron chi connectivity index (χ4n) is 3.75. The zero-order chi connectivity index (χ0) is 21.8. The molecule has 1 atom stereocenters. The second kappa shape index (κ2) is 9.30. The van der Waals surface area contributed by atoms with Crippen molar-refractivity contribution in [1.29, 1.82) is 0 Å². The summed E-state index contributed by atoms with van der Waals surface area (Å²) in [6.45, 7) is 1.21. The van der Waals surface area contributed by atoms with Crippen LogP contribution in [0.4, 0.5) is 9.93 Å². The minimum atomic E-state index is -0.236. The maximum Gasteiger partial charge on any atom is 0.323 e. The Balaban J connectivity index is 1.46. The van der Waals surface area contributed by atoms with Gasteiger partial charge in [0.2, 0.25) is 0 Å². The summed E-state index contributed by atoms with van der Waals surface area (Å²) >= 11 is 1.43. The maximum atomic E-state index is 12.7. The first-order valence-corrected chi connectivity index (χ1v) is 10.9. The molecule has 2 amide bonds. The molecule has 8 nitrogen and oxygen atoms in total. The second-order valence-electron chi connectivity index (χ2n) is 7.48. The van der Waals surface area contributed by atoms with Crippen LogP contribution in [0.3, 0.4) is 0 Å². The van der Waals surface area contributed by atoms with Crippen molar-refractivity contribution in [3.8, 4) is 16.9 Å². The van der Waals surface area contributed by atoms with Gasteiger partial charge in [-0.1, -0.05) is 17.4 Å². The molecule has 0 aliphatic carbocycles. The average molecular weight is 441 g/mol. The van der Waals surface area contributed by atoms with E-state index in [1.54, 1.807) is 24.4 Å². The summed E-state index contributed by atoms with van der Waals surface area (Å²) < 4.78 is 11.0. The summed E-state index contributed by atoms with van der Waals surface area (Å²) in [7, 11) is 3.00. The van der Waals surface area contributed by atoms with Crippen LogP contribution >= 0.6 is 11.3 Å². The van der Waals surface area contributed by atoms with Gasteiger partial charge in [0.25, 0.3) is 0 Å². The maximum absolute atomic E-state index is 12.7. The molecule has 31 heavy (non-hydrogen) atoms. The van der Waals surface area contributed by atoms with Gasteiger partial charge in [0, 0.05) is 31.3 Å². The number of amides is 2. The van der Waals surface area contributed by atoms with Crippen LogP contribution in [0.1, 0.15) is 19.3 Å². The number of hydrogen-bond donors (Lipinski definition) is 1. The summed E-state index contributed by atoms with van der Waals surface area (Å²) in [5.74, 6) is 0.587. The number of piperidine rings is 1. The van der Waals surface area contributed by atoms with Gasteiger partial charge in [0.05, 0.1) is 30.6 Å². The molecule has 1 aliphatic heterocycles. The van der Waals surface area contributed by atoms with E-state index >= 15 is 0 Å². The Labute approximate surface area is 184 Å². The third-order valence-electron chi connectivity index (χ3n) is 5.37. The molecular formula is C22H24N4O4S. The van der Waals surface area contributed by atoms with E-state index in [0.29, 0.717) is 30.4 Å². The Kier molecular flexibility index (Phi) is 6.31. The number of carbonyl (C=O) groups is 2. The van der Waals surface area contributed by atoms with E-state index in [1.807, 2.05) is 24.3 Å². The number of anilines is 1. The molecule has 1 aromatic carbocycles. The van der Waals surface area contributed by atoms with Crippen molar-refractivity contribution in [2.45, 2.75) is 19.3 Å². The normalized spacial score (nSPS) is 16.2. The number of pyridine rings is 1. The van der Waals surface area contributed by atoms with Crippen LogP contribution in [-0.2, 0) is 9.53 Å². The fraction of sp³-hybridized carbons (Fsp3) is 0.364. The van der Waals surface area contributed by atoms with Crippen LogP contribution < -0.4 is 10.1 Å². The van der Waals surface area contributed by atoms with Crippen LogP contribution in [0, 0.1) is 5.92 Å². The molecule has 0 bridgehead atoms. The minimum Gasteiger partial charge on any atom is -0.495 e. The molecule has 9 heteroatoms. The number of benzene rings is 1. The molecule has 1 fully saturated rings. The highest BCUT2D eigenvalue weighted by molar-refractivity contribution is 7.22. The van der Waals surface area contributed by atoms with Crippen LogP contribution in [0.2, 0.25) is 0 Å². The van der Waals surface area contributed by atoms with E-state index in [9.17, 15) is 9.59 Å². The number of methoxy groups -OCH3 is 2. The third-order valence-corrected chi connectivity index (χ3v) is 6.31. The number of ether oxygens (including phenoxy) is 2. The van der Waals surface area contributed by atoms with Gasteiger partial charge in [-0.3, -0.25) is 15.1 Å². The summed E-state index contributed by atoms with van der Waals surface area (Å²) in [5, 5.41) is 3.46. The second-order valence-corrected chi connectivity index (χ2v) is 8.51. The van der Waals surface area contributed by atoms with Crippen molar-refractivity contribution in [2.75, 3.05) is 32.6 Å². The lowest BCUT2D eigenvalue weighted by Gasteiger charge is -2.32. The first-order valence-electron chi connectivity index (χ1n) is 10.1. The number of likely N-dealkylation sites (tertiary alicyclic amines) is 1. The number of hydrogen-bond acceptors (Lipinski definition) is 7. The van der Waals surface area contributed by atoms with E-state index in [4.69, 9.17) is 9.47 Å². The molecule has 1 aliphatic rings. The van der Waals surface area contributed by atoms with Crippen molar-refractivity contribution in [1.82, 2.24) is 14.9 Å². The van der Waals surface area contributed by atoms with Gasteiger partial charge in [0.15, 0.2) is 5.13 Å². The monoisotopic (exact) mass is 440 g/mol.